The second kappa shape index (κ2) is 6.67. The maximum atomic E-state index is 5.97. The molecule has 0 amide bonds. The summed E-state index contributed by atoms with van der Waals surface area (Å²) < 4.78 is 8.18. The van der Waals surface area contributed by atoms with Gasteiger partial charge in [0.1, 0.15) is 0 Å². The van der Waals surface area contributed by atoms with Gasteiger partial charge in [-0.15, -0.1) is 10.2 Å². The van der Waals surface area contributed by atoms with Crippen LogP contribution in [0.1, 0.15) is 23.8 Å². The molecule has 5 rings (SSSR count). The number of likely N-dealkylation sites (tertiary alicyclic amines) is 1. The Morgan fingerprint density at radius 2 is 1.85 bits per heavy atom. The van der Waals surface area contributed by atoms with Crippen LogP contribution in [-0.2, 0) is 13.6 Å². The number of nitrogens with zero attached hydrogens (tertiary/aromatic N) is 4. The van der Waals surface area contributed by atoms with Gasteiger partial charge < -0.3 is 8.98 Å². The fourth-order valence-corrected chi connectivity index (χ4v) is 4.07. The van der Waals surface area contributed by atoms with Crippen LogP contribution in [0.3, 0.4) is 0 Å². The molecule has 1 aliphatic rings. The Balaban J connectivity index is 1.31. The number of aryl methyl sites for hydroxylation is 1. The van der Waals surface area contributed by atoms with E-state index in [1.165, 1.54) is 16.5 Å². The summed E-state index contributed by atoms with van der Waals surface area (Å²) in [6, 6.07) is 18.6. The lowest BCUT2D eigenvalue weighted by molar-refractivity contribution is 0.321. The molecule has 0 unspecified atom stereocenters. The molecule has 2 aromatic heterocycles. The minimum absolute atomic E-state index is 0.310. The second-order valence-electron chi connectivity index (χ2n) is 7.31. The number of hydrogen-bond donors (Lipinski definition) is 0. The van der Waals surface area contributed by atoms with Crippen LogP contribution >= 0.6 is 0 Å². The summed E-state index contributed by atoms with van der Waals surface area (Å²) in [6.07, 6.45) is 3.30. The zero-order valence-corrected chi connectivity index (χ0v) is 15.4. The van der Waals surface area contributed by atoms with Crippen molar-refractivity contribution in [1.82, 2.24) is 19.7 Å². The molecule has 0 aliphatic carbocycles. The summed E-state index contributed by atoms with van der Waals surface area (Å²) in [5.41, 5.74) is 3.64. The molecular formula is C22H22N4O. The van der Waals surface area contributed by atoms with E-state index in [1.807, 2.05) is 30.3 Å². The Morgan fingerprint density at radius 1 is 1.04 bits per heavy atom. The fraction of sp³-hybridized carbons (Fsp3) is 0.273. The van der Waals surface area contributed by atoms with E-state index < -0.39 is 0 Å². The van der Waals surface area contributed by atoms with E-state index >= 15 is 0 Å². The number of aromatic nitrogens is 3. The van der Waals surface area contributed by atoms with Gasteiger partial charge in [0.05, 0.1) is 5.92 Å². The van der Waals surface area contributed by atoms with Gasteiger partial charge >= 0.3 is 0 Å². The zero-order chi connectivity index (χ0) is 18.2. The van der Waals surface area contributed by atoms with E-state index in [9.17, 15) is 0 Å². The number of para-hydroxylation sites is 1. The Morgan fingerprint density at radius 3 is 2.74 bits per heavy atom. The average molecular weight is 358 g/mol. The Labute approximate surface area is 158 Å². The third-order valence-electron chi connectivity index (χ3n) is 5.46. The second-order valence-corrected chi connectivity index (χ2v) is 7.31. The molecule has 2 aromatic carbocycles. The molecule has 0 saturated carbocycles. The van der Waals surface area contributed by atoms with Crippen molar-refractivity contribution in [2.45, 2.75) is 18.9 Å². The average Bonchev–Trinajstić information content (AvgIpc) is 3.43. The molecule has 0 radical (unpaired) electrons. The third kappa shape index (κ3) is 3.04. The minimum atomic E-state index is 0.310. The summed E-state index contributed by atoms with van der Waals surface area (Å²) in [6.45, 7) is 2.97. The first-order valence-electron chi connectivity index (χ1n) is 9.42. The van der Waals surface area contributed by atoms with Gasteiger partial charge in [-0.3, -0.25) is 4.90 Å². The van der Waals surface area contributed by atoms with Gasteiger partial charge in [0.15, 0.2) is 0 Å². The molecule has 5 heteroatoms. The summed E-state index contributed by atoms with van der Waals surface area (Å²) in [7, 11) is 2.11. The molecule has 0 N–H and O–H groups in total. The van der Waals surface area contributed by atoms with Crippen molar-refractivity contribution in [2.75, 3.05) is 13.1 Å². The summed E-state index contributed by atoms with van der Waals surface area (Å²) in [4.78, 5) is 2.48. The van der Waals surface area contributed by atoms with Crippen LogP contribution in [0, 0.1) is 0 Å². The zero-order valence-electron chi connectivity index (χ0n) is 15.4. The van der Waals surface area contributed by atoms with Gasteiger partial charge in [-0.1, -0.05) is 36.4 Å². The topological polar surface area (TPSA) is 47.1 Å². The molecule has 5 nitrogen and oxygen atoms in total. The van der Waals surface area contributed by atoms with Gasteiger partial charge in [0.25, 0.3) is 0 Å². The molecule has 136 valence electrons. The molecule has 1 atom stereocenters. The van der Waals surface area contributed by atoms with Gasteiger partial charge in [-0.05, 0) is 36.7 Å². The Kier molecular flexibility index (Phi) is 4.02. The molecule has 27 heavy (non-hydrogen) atoms. The van der Waals surface area contributed by atoms with Crippen LogP contribution in [0.25, 0.3) is 22.4 Å². The normalized spacial score (nSPS) is 17.7. The minimum Gasteiger partial charge on any atom is -0.420 e. The van der Waals surface area contributed by atoms with Crippen LogP contribution in [0.15, 0.2) is 65.2 Å². The number of rotatable bonds is 4. The van der Waals surface area contributed by atoms with Gasteiger partial charge in [-0.2, -0.15) is 0 Å². The van der Waals surface area contributed by atoms with E-state index in [-0.39, 0.29) is 0 Å². The lowest BCUT2D eigenvalue weighted by atomic mass is 10.1. The van der Waals surface area contributed by atoms with Crippen molar-refractivity contribution in [3.05, 3.63) is 72.2 Å². The number of benzene rings is 2. The largest absolute Gasteiger partial charge is 0.420 e. The smallest absolute Gasteiger partial charge is 0.247 e. The molecule has 0 spiro atoms. The fourth-order valence-electron chi connectivity index (χ4n) is 4.07. The van der Waals surface area contributed by atoms with Crippen molar-refractivity contribution in [3.8, 4) is 11.5 Å². The van der Waals surface area contributed by atoms with Crippen LogP contribution in [0.5, 0.6) is 0 Å². The van der Waals surface area contributed by atoms with Gasteiger partial charge in [-0.25, -0.2) is 0 Å². The predicted octanol–water partition coefficient (Wildman–Crippen LogP) is 4.22. The summed E-state index contributed by atoms with van der Waals surface area (Å²) >= 11 is 0. The van der Waals surface area contributed by atoms with Crippen LogP contribution in [-0.4, -0.2) is 32.8 Å². The molecule has 3 heterocycles. The Bertz CT molecular complexity index is 1070. The van der Waals surface area contributed by atoms with E-state index in [1.54, 1.807) is 0 Å². The van der Waals surface area contributed by atoms with Crippen molar-refractivity contribution < 1.29 is 4.42 Å². The monoisotopic (exact) mass is 358 g/mol. The van der Waals surface area contributed by atoms with E-state index in [4.69, 9.17) is 4.42 Å². The first-order valence-corrected chi connectivity index (χ1v) is 9.42. The highest BCUT2D eigenvalue weighted by atomic mass is 16.4. The standard InChI is InChI=1S/C22H22N4O/c1-25-13-18(19-9-5-6-10-20(19)25)15-26-12-11-17(14-26)22-24-23-21(27-22)16-7-3-2-4-8-16/h2-10,13,17H,11-12,14-15H2,1H3/t17-/m0/s1. The highest BCUT2D eigenvalue weighted by Crippen LogP contribution is 2.30. The van der Waals surface area contributed by atoms with Crippen LogP contribution in [0.2, 0.25) is 0 Å². The van der Waals surface area contributed by atoms with Crippen molar-refractivity contribution >= 4 is 10.9 Å². The lowest BCUT2D eigenvalue weighted by Crippen LogP contribution is -2.19. The highest BCUT2D eigenvalue weighted by molar-refractivity contribution is 5.83. The van der Waals surface area contributed by atoms with Crippen molar-refractivity contribution in [2.24, 2.45) is 7.05 Å². The van der Waals surface area contributed by atoms with E-state index in [2.05, 4.69) is 57.2 Å². The van der Waals surface area contributed by atoms with Gasteiger partial charge in [0.2, 0.25) is 11.8 Å². The molecule has 0 bridgehead atoms. The maximum absolute atomic E-state index is 5.97. The Hall–Kier alpha value is -2.92. The van der Waals surface area contributed by atoms with E-state index in [0.29, 0.717) is 11.8 Å². The van der Waals surface area contributed by atoms with Crippen molar-refractivity contribution in [1.29, 1.82) is 0 Å². The first kappa shape index (κ1) is 16.3. The maximum Gasteiger partial charge on any atom is 0.247 e. The first-order chi connectivity index (χ1) is 13.3. The number of hydrogen-bond acceptors (Lipinski definition) is 4. The van der Waals surface area contributed by atoms with E-state index in [0.717, 1.165) is 37.5 Å². The van der Waals surface area contributed by atoms with Crippen LogP contribution < -0.4 is 0 Å². The molecular weight excluding hydrogens is 336 g/mol. The highest BCUT2D eigenvalue weighted by Gasteiger charge is 2.28. The summed E-state index contributed by atoms with van der Waals surface area (Å²) in [5, 5.41) is 9.91. The van der Waals surface area contributed by atoms with Gasteiger partial charge in [0, 0.05) is 42.8 Å². The lowest BCUT2D eigenvalue weighted by Gasteiger charge is -2.14. The van der Waals surface area contributed by atoms with Crippen molar-refractivity contribution in [3.63, 3.8) is 0 Å². The molecule has 1 saturated heterocycles. The van der Waals surface area contributed by atoms with Crippen LogP contribution in [0.4, 0.5) is 0 Å². The third-order valence-corrected chi connectivity index (χ3v) is 5.46. The predicted molar refractivity (Wildman–Crippen MR) is 105 cm³/mol. The molecule has 1 fully saturated rings. The summed E-state index contributed by atoms with van der Waals surface area (Å²) in [5.74, 6) is 1.68. The number of fused-ring (bicyclic) bond motifs is 1. The SMILES string of the molecule is Cn1cc(CN2CC[C@H](c3nnc(-c4ccccc4)o3)C2)c2ccccc21. The molecule has 4 aromatic rings. The molecule has 1 aliphatic heterocycles. The quantitative estimate of drug-likeness (QED) is 0.548.